The second kappa shape index (κ2) is 3.02. The van der Waals surface area contributed by atoms with Crippen LogP contribution in [0.15, 0.2) is 12.4 Å². The number of aryl methyl sites for hydroxylation is 2. The average Bonchev–Trinajstić information content (AvgIpc) is 2.31. The van der Waals surface area contributed by atoms with Crippen molar-refractivity contribution in [1.82, 2.24) is 4.98 Å². The van der Waals surface area contributed by atoms with E-state index in [9.17, 15) is 0 Å². The maximum Gasteiger partial charge on any atom is 0.251 e. The van der Waals surface area contributed by atoms with Gasteiger partial charge >= 0.3 is 0 Å². The van der Waals surface area contributed by atoms with E-state index in [4.69, 9.17) is 5.26 Å². The van der Waals surface area contributed by atoms with Crippen LogP contribution in [0.25, 0.3) is 0 Å². The summed E-state index contributed by atoms with van der Waals surface area (Å²) in [7, 11) is 0. The second-order valence-corrected chi connectivity index (χ2v) is 2.15. The van der Waals surface area contributed by atoms with Crippen molar-refractivity contribution in [2.45, 2.75) is 19.9 Å². The number of nitriles is 1. The fourth-order valence-electron chi connectivity index (χ4n) is 0.855. The van der Waals surface area contributed by atoms with Crippen LogP contribution in [-0.4, -0.2) is 4.98 Å². The van der Waals surface area contributed by atoms with Gasteiger partial charge in [0.05, 0.1) is 12.5 Å². The summed E-state index contributed by atoms with van der Waals surface area (Å²) in [4.78, 5) is 3.03. The number of aromatic amines is 1. The topological polar surface area (TPSA) is 43.5 Å². The highest BCUT2D eigenvalue weighted by molar-refractivity contribution is 4.72. The van der Waals surface area contributed by atoms with E-state index in [1.54, 1.807) is 0 Å². The van der Waals surface area contributed by atoms with E-state index in [0.29, 0.717) is 6.42 Å². The smallest absolute Gasteiger partial charge is 0.248 e. The molecule has 0 radical (unpaired) electrons. The van der Waals surface area contributed by atoms with E-state index in [2.05, 4.69) is 11.1 Å². The summed E-state index contributed by atoms with van der Waals surface area (Å²) in [5, 5.41) is 8.28. The molecule has 0 aromatic carbocycles. The Kier molecular flexibility index (Phi) is 2.06. The molecule has 0 unspecified atom stereocenters. The largest absolute Gasteiger partial charge is 0.251 e. The Morgan fingerprint density at radius 2 is 2.60 bits per heavy atom. The van der Waals surface area contributed by atoms with Gasteiger partial charge in [0, 0.05) is 6.92 Å². The molecule has 0 aliphatic heterocycles. The second-order valence-electron chi connectivity index (χ2n) is 2.15. The van der Waals surface area contributed by atoms with Crippen LogP contribution in [0.4, 0.5) is 0 Å². The fraction of sp³-hybridized carbons (Fsp3) is 0.429. The van der Waals surface area contributed by atoms with Crippen LogP contribution in [0.1, 0.15) is 12.2 Å². The number of H-pyrrole nitrogens is 1. The van der Waals surface area contributed by atoms with Crippen molar-refractivity contribution in [2.24, 2.45) is 0 Å². The quantitative estimate of drug-likeness (QED) is 0.592. The zero-order valence-corrected chi connectivity index (χ0v) is 5.96. The Morgan fingerprint density at radius 1 is 1.80 bits per heavy atom. The molecule has 0 fully saturated rings. The summed E-state index contributed by atoms with van der Waals surface area (Å²) >= 11 is 0. The lowest BCUT2D eigenvalue weighted by molar-refractivity contribution is -0.700. The van der Waals surface area contributed by atoms with Gasteiger partial charge in [-0.1, -0.05) is 0 Å². The molecule has 0 bridgehead atoms. The maximum absolute atomic E-state index is 8.28. The Balaban J connectivity index is 2.59. The summed E-state index contributed by atoms with van der Waals surface area (Å²) in [5.74, 6) is 1.09. The first-order valence-electron chi connectivity index (χ1n) is 3.25. The number of aromatic nitrogens is 2. The minimum atomic E-state index is 0.573. The van der Waals surface area contributed by atoms with Gasteiger partial charge in [0.15, 0.2) is 0 Å². The predicted octanol–water partition coefficient (Wildman–Crippen LogP) is 0.524. The molecule has 0 amide bonds. The zero-order chi connectivity index (χ0) is 7.40. The Hall–Kier alpha value is -1.30. The molecule has 0 aliphatic rings. The van der Waals surface area contributed by atoms with E-state index in [1.807, 2.05) is 23.9 Å². The number of rotatable bonds is 2. The Labute approximate surface area is 59.9 Å². The van der Waals surface area contributed by atoms with E-state index >= 15 is 0 Å². The van der Waals surface area contributed by atoms with Crippen molar-refractivity contribution in [3.8, 4) is 6.07 Å². The van der Waals surface area contributed by atoms with Crippen molar-refractivity contribution >= 4 is 0 Å². The van der Waals surface area contributed by atoms with Crippen LogP contribution in [-0.2, 0) is 6.54 Å². The number of hydrogen-bond donors (Lipinski definition) is 1. The van der Waals surface area contributed by atoms with Crippen LogP contribution < -0.4 is 4.57 Å². The van der Waals surface area contributed by atoms with Crippen molar-refractivity contribution in [2.75, 3.05) is 0 Å². The first-order valence-corrected chi connectivity index (χ1v) is 3.25. The highest BCUT2D eigenvalue weighted by Gasteiger charge is 2.01. The summed E-state index contributed by atoms with van der Waals surface area (Å²) in [6.07, 6.45) is 4.38. The Bertz CT molecular complexity index is 244. The molecule has 1 aromatic heterocycles. The van der Waals surface area contributed by atoms with Crippen molar-refractivity contribution in [3.05, 3.63) is 18.2 Å². The van der Waals surface area contributed by atoms with Gasteiger partial charge in [0.25, 0.3) is 5.82 Å². The van der Waals surface area contributed by atoms with Gasteiger partial charge in [0.2, 0.25) is 0 Å². The summed E-state index contributed by atoms with van der Waals surface area (Å²) in [6, 6.07) is 2.10. The van der Waals surface area contributed by atoms with Crippen molar-refractivity contribution in [1.29, 1.82) is 5.26 Å². The molecule has 0 aliphatic carbocycles. The van der Waals surface area contributed by atoms with Crippen LogP contribution in [0, 0.1) is 18.3 Å². The molecule has 10 heavy (non-hydrogen) atoms. The Morgan fingerprint density at radius 3 is 3.10 bits per heavy atom. The number of nitrogens with zero attached hydrogens (tertiary/aromatic N) is 2. The normalized spacial score (nSPS) is 9.20. The van der Waals surface area contributed by atoms with E-state index in [-0.39, 0.29) is 0 Å². The molecule has 1 heterocycles. The third-order valence-corrected chi connectivity index (χ3v) is 1.44. The standard InChI is InChI=1S/C7H9N3/c1-7-9-4-6-10(7)5-2-3-8/h4,6H,2,5H2,1H3/p+1. The average molecular weight is 136 g/mol. The molecular formula is C7H10N3+. The summed E-state index contributed by atoms with van der Waals surface area (Å²) in [5.41, 5.74) is 0. The molecule has 1 rings (SSSR count). The third kappa shape index (κ3) is 1.35. The lowest BCUT2D eigenvalue weighted by Gasteiger charge is -1.89. The van der Waals surface area contributed by atoms with Crippen LogP contribution in [0.5, 0.6) is 0 Å². The number of nitrogens with one attached hydrogen (secondary N) is 1. The van der Waals surface area contributed by atoms with Crippen LogP contribution in [0.2, 0.25) is 0 Å². The SMILES string of the molecule is Cc1[nH]cc[n+]1CCC#N. The van der Waals surface area contributed by atoms with Gasteiger partial charge in [0.1, 0.15) is 18.9 Å². The lowest BCUT2D eigenvalue weighted by Crippen LogP contribution is -2.34. The van der Waals surface area contributed by atoms with Crippen molar-refractivity contribution < 1.29 is 4.57 Å². The minimum absolute atomic E-state index is 0.573. The molecular weight excluding hydrogens is 126 g/mol. The minimum Gasteiger partial charge on any atom is -0.248 e. The first kappa shape index (κ1) is 6.81. The monoisotopic (exact) mass is 136 g/mol. The molecule has 3 nitrogen and oxygen atoms in total. The number of imidazole rings is 1. The highest BCUT2D eigenvalue weighted by atomic mass is 15.0. The predicted molar refractivity (Wildman–Crippen MR) is 36.0 cm³/mol. The van der Waals surface area contributed by atoms with Gasteiger partial charge in [-0.25, -0.2) is 9.55 Å². The van der Waals surface area contributed by atoms with Crippen LogP contribution >= 0.6 is 0 Å². The molecule has 52 valence electrons. The maximum atomic E-state index is 8.28. The molecule has 0 atom stereocenters. The van der Waals surface area contributed by atoms with E-state index < -0.39 is 0 Å². The molecule has 0 saturated heterocycles. The van der Waals surface area contributed by atoms with Gasteiger partial charge in [-0.3, -0.25) is 0 Å². The first-order chi connectivity index (χ1) is 4.84. The highest BCUT2D eigenvalue weighted by Crippen LogP contribution is 1.83. The van der Waals surface area contributed by atoms with Gasteiger partial charge < -0.3 is 0 Å². The van der Waals surface area contributed by atoms with E-state index in [0.717, 1.165) is 12.4 Å². The third-order valence-electron chi connectivity index (χ3n) is 1.44. The van der Waals surface area contributed by atoms with E-state index in [1.165, 1.54) is 0 Å². The van der Waals surface area contributed by atoms with Gasteiger partial charge in [-0.15, -0.1) is 0 Å². The molecule has 3 heteroatoms. The fourth-order valence-corrected chi connectivity index (χ4v) is 0.855. The zero-order valence-electron chi connectivity index (χ0n) is 5.96. The van der Waals surface area contributed by atoms with Crippen molar-refractivity contribution in [3.63, 3.8) is 0 Å². The molecule has 1 N–H and O–H groups in total. The molecule has 0 saturated carbocycles. The summed E-state index contributed by atoms with van der Waals surface area (Å²) < 4.78 is 2.02. The molecule has 1 aromatic rings. The van der Waals surface area contributed by atoms with Gasteiger partial charge in [-0.2, -0.15) is 5.26 Å². The van der Waals surface area contributed by atoms with Gasteiger partial charge in [-0.05, 0) is 0 Å². The summed E-state index contributed by atoms with van der Waals surface area (Å²) in [6.45, 7) is 2.77. The molecule has 0 spiro atoms. The lowest BCUT2D eigenvalue weighted by atomic mass is 10.4. The van der Waals surface area contributed by atoms with Crippen LogP contribution in [0.3, 0.4) is 0 Å². The number of hydrogen-bond acceptors (Lipinski definition) is 1.